The van der Waals surface area contributed by atoms with Gasteiger partial charge in [0.2, 0.25) is 0 Å². The van der Waals surface area contributed by atoms with Crippen molar-refractivity contribution in [1.29, 1.82) is 0 Å². The van der Waals surface area contributed by atoms with Crippen LogP contribution in [0.2, 0.25) is 0 Å². The molecule has 110 valence electrons. The van der Waals surface area contributed by atoms with E-state index < -0.39 is 11.0 Å². The second kappa shape index (κ2) is 4.19. The minimum absolute atomic E-state index is 0.00000142. The van der Waals surface area contributed by atoms with E-state index in [1.807, 2.05) is 37.3 Å². The first kappa shape index (κ1) is 13.1. The molecule has 0 N–H and O–H groups in total. The van der Waals surface area contributed by atoms with Crippen LogP contribution in [-0.4, -0.2) is 17.4 Å². The Labute approximate surface area is 124 Å². The monoisotopic (exact) mass is 284 g/mol. The normalized spacial score (nSPS) is 37.0. The molecule has 2 spiro atoms. The maximum absolute atomic E-state index is 13.1. The van der Waals surface area contributed by atoms with Crippen molar-refractivity contribution in [2.75, 3.05) is 0 Å². The van der Waals surface area contributed by atoms with Gasteiger partial charge in [0, 0.05) is 5.92 Å². The van der Waals surface area contributed by atoms with Gasteiger partial charge in [-0.1, -0.05) is 43.7 Å². The summed E-state index contributed by atoms with van der Waals surface area (Å²) in [4.78, 5) is 25.7. The standard InChI is InChI=1S/C18H20O3/c1-12-14(13-8-4-2-5-9-13)18(12)15(19)17(21-16(18)20)10-6-3-7-11-17/h2,4-5,8-9,12,14H,3,6-7,10-11H2,1H3/t12-,14+,18-/m0/s1. The van der Waals surface area contributed by atoms with Crippen molar-refractivity contribution >= 4 is 11.8 Å². The molecule has 0 radical (unpaired) electrons. The highest BCUT2D eigenvalue weighted by atomic mass is 16.6. The van der Waals surface area contributed by atoms with Crippen molar-refractivity contribution in [2.45, 2.75) is 50.5 Å². The predicted molar refractivity (Wildman–Crippen MR) is 77.7 cm³/mol. The van der Waals surface area contributed by atoms with E-state index in [0.717, 1.165) is 24.8 Å². The summed E-state index contributed by atoms with van der Waals surface area (Å²) in [5, 5.41) is 0. The third kappa shape index (κ3) is 1.49. The molecule has 1 heterocycles. The minimum atomic E-state index is -0.890. The Bertz CT molecular complexity index is 600. The Morgan fingerprint density at radius 3 is 2.38 bits per heavy atom. The van der Waals surface area contributed by atoms with Crippen LogP contribution in [0.4, 0.5) is 0 Å². The summed E-state index contributed by atoms with van der Waals surface area (Å²) < 4.78 is 5.71. The largest absolute Gasteiger partial charge is 0.450 e. The van der Waals surface area contributed by atoms with Crippen molar-refractivity contribution in [3.8, 4) is 0 Å². The molecule has 1 aliphatic heterocycles. The van der Waals surface area contributed by atoms with Crippen LogP contribution >= 0.6 is 0 Å². The molecule has 3 aliphatic rings. The van der Waals surface area contributed by atoms with E-state index in [9.17, 15) is 9.59 Å². The number of rotatable bonds is 1. The zero-order valence-corrected chi connectivity index (χ0v) is 12.3. The Hall–Kier alpha value is -1.64. The van der Waals surface area contributed by atoms with Crippen LogP contribution in [0.3, 0.4) is 0 Å². The van der Waals surface area contributed by atoms with Gasteiger partial charge in [-0.15, -0.1) is 0 Å². The van der Waals surface area contributed by atoms with E-state index in [4.69, 9.17) is 4.74 Å². The molecular formula is C18H20O3. The van der Waals surface area contributed by atoms with Crippen LogP contribution in [0.15, 0.2) is 30.3 Å². The molecule has 2 saturated carbocycles. The topological polar surface area (TPSA) is 43.4 Å². The number of ether oxygens (including phenoxy) is 1. The molecule has 3 heteroatoms. The van der Waals surface area contributed by atoms with E-state index in [2.05, 4.69) is 0 Å². The smallest absolute Gasteiger partial charge is 0.321 e. The van der Waals surface area contributed by atoms with E-state index in [1.165, 1.54) is 0 Å². The average molecular weight is 284 g/mol. The van der Waals surface area contributed by atoms with Crippen LogP contribution < -0.4 is 0 Å². The Kier molecular flexibility index (Phi) is 2.60. The van der Waals surface area contributed by atoms with Crippen LogP contribution in [0.5, 0.6) is 0 Å². The number of esters is 1. The molecule has 1 aromatic rings. The van der Waals surface area contributed by atoms with Gasteiger partial charge in [0.25, 0.3) is 0 Å². The van der Waals surface area contributed by atoms with Gasteiger partial charge in [-0.05, 0) is 37.2 Å². The number of hydrogen-bond acceptors (Lipinski definition) is 3. The lowest BCUT2D eigenvalue weighted by Gasteiger charge is -2.30. The maximum Gasteiger partial charge on any atom is 0.321 e. The predicted octanol–water partition coefficient (Wildman–Crippen LogP) is 3.24. The summed E-state index contributed by atoms with van der Waals surface area (Å²) >= 11 is 0. The molecule has 3 nitrogen and oxygen atoms in total. The highest BCUT2D eigenvalue weighted by Gasteiger charge is 2.80. The van der Waals surface area contributed by atoms with Crippen molar-refractivity contribution in [3.63, 3.8) is 0 Å². The van der Waals surface area contributed by atoms with Crippen molar-refractivity contribution < 1.29 is 14.3 Å². The Morgan fingerprint density at radius 1 is 1.05 bits per heavy atom. The van der Waals surface area contributed by atoms with Gasteiger partial charge in [0.05, 0.1) is 0 Å². The number of benzene rings is 1. The highest BCUT2D eigenvalue weighted by molar-refractivity contribution is 6.17. The molecule has 3 fully saturated rings. The molecule has 4 rings (SSSR count). The lowest BCUT2D eigenvalue weighted by atomic mass is 9.77. The highest BCUT2D eigenvalue weighted by Crippen LogP contribution is 2.70. The van der Waals surface area contributed by atoms with Gasteiger partial charge in [0.1, 0.15) is 5.41 Å². The second-order valence-corrected chi connectivity index (χ2v) is 6.82. The fourth-order valence-corrected chi connectivity index (χ4v) is 4.66. The third-order valence-electron chi connectivity index (χ3n) is 5.83. The number of ketones is 1. The molecular weight excluding hydrogens is 264 g/mol. The van der Waals surface area contributed by atoms with Gasteiger partial charge < -0.3 is 4.74 Å². The van der Waals surface area contributed by atoms with E-state index >= 15 is 0 Å². The summed E-state index contributed by atoms with van der Waals surface area (Å²) in [6, 6.07) is 9.93. The summed E-state index contributed by atoms with van der Waals surface area (Å²) in [5.74, 6) is -0.141. The average Bonchev–Trinajstić information content (AvgIpc) is 3.09. The first-order valence-electron chi connectivity index (χ1n) is 7.96. The molecule has 0 unspecified atom stereocenters. The number of carbonyl (C=O) groups is 2. The van der Waals surface area contributed by atoms with Crippen LogP contribution in [0.25, 0.3) is 0 Å². The van der Waals surface area contributed by atoms with E-state index in [0.29, 0.717) is 12.8 Å². The molecule has 0 aromatic heterocycles. The third-order valence-corrected chi connectivity index (χ3v) is 5.83. The van der Waals surface area contributed by atoms with Crippen molar-refractivity contribution in [2.24, 2.45) is 11.3 Å². The zero-order valence-electron chi connectivity index (χ0n) is 12.3. The van der Waals surface area contributed by atoms with Gasteiger partial charge in [0.15, 0.2) is 11.4 Å². The summed E-state index contributed by atoms with van der Waals surface area (Å²) in [6.07, 6.45) is 4.54. The van der Waals surface area contributed by atoms with Gasteiger partial charge in [-0.25, -0.2) is 0 Å². The zero-order chi connectivity index (χ0) is 14.7. The van der Waals surface area contributed by atoms with Crippen LogP contribution in [0, 0.1) is 11.3 Å². The van der Waals surface area contributed by atoms with Crippen LogP contribution in [-0.2, 0) is 14.3 Å². The summed E-state index contributed by atoms with van der Waals surface area (Å²) in [6.45, 7) is 2.01. The Balaban J connectivity index is 1.73. The molecule has 21 heavy (non-hydrogen) atoms. The first-order chi connectivity index (χ1) is 10.1. The second-order valence-electron chi connectivity index (χ2n) is 6.82. The Morgan fingerprint density at radius 2 is 1.71 bits per heavy atom. The van der Waals surface area contributed by atoms with Gasteiger partial charge in [-0.3, -0.25) is 9.59 Å². The number of Topliss-reactive ketones (excluding diaryl/α,β-unsaturated/α-hetero) is 1. The molecule has 2 aliphatic carbocycles. The molecule has 3 atom stereocenters. The molecule has 0 bridgehead atoms. The first-order valence-corrected chi connectivity index (χ1v) is 7.96. The number of carbonyl (C=O) groups excluding carboxylic acids is 2. The van der Waals surface area contributed by atoms with Crippen LogP contribution in [0.1, 0.15) is 50.5 Å². The summed E-state index contributed by atoms with van der Waals surface area (Å²) in [7, 11) is 0. The van der Waals surface area contributed by atoms with Crippen molar-refractivity contribution in [3.05, 3.63) is 35.9 Å². The maximum atomic E-state index is 13.1. The minimum Gasteiger partial charge on any atom is -0.450 e. The number of hydrogen-bond donors (Lipinski definition) is 0. The lowest BCUT2D eigenvalue weighted by molar-refractivity contribution is -0.155. The van der Waals surface area contributed by atoms with Crippen molar-refractivity contribution in [1.82, 2.24) is 0 Å². The summed E-state index contributed by atoms with van der Waals surface area (Å²) in [5.41, 5.74) is -0.602. The van der Waals surface area contributed by atoms with E-state index in [-0.39, 0.29) is 23.6 Å². The lowest BCUT2D eigenvalue weighted by Crippen LogP contribution is -2.40. The van der Waals surface area contributed by atoms with Gasteiger partial charge >= 0.3 is 5.97 Å². The SMILES string of the molecule is C[C@H]1[C@H](c2ccccc2)[C@@]12C(=O)OC1(CCCCC1)C2=O. The molecule has 0 amide bonds. The van der Waals surface area contributed by atoms with Gasteiger partial charge in [-0.2, -0.15) is 0 Å². The fraction of sp³-hybridized carbons (Fsp3) is 0.556. The molecule has 1 aromatic carbocycles. The fourth-order valence-electron chi connectivity index (χ4n) is 4.66. The molecule has 1 saturated heterocycles. The quantitative estimate of drug-likeness (QED) is 0.587. The van der Waals surface area contributed by atoms with E-state index in [1.54, 1.807) is 0 Å².